The smallest absolute Gasteiger partial charge is 0.450 e. The van der Waals surface area contributed by atoms with Gasteiger partial charge in [0.2, 0.25) is 11.6 Å². The molecule has 2 N–H and O–H groups in total. The lowest BCUT2D eigenvalue weighted by Crippen LogP contribution is -2.52. The zero-order chi connectivity index (χ0) is 13.1. The highest BCUT2D eigenvalue weighted by Crippen LogP contribution is 2.23. The van der Waals surface area contributed by atoms with E-state index in [9.17, 15) is 22.8 Å². The molecule has 1 aliphatic rings. The number of hydrogen-bond acceptors (Lipinski definition) is 4. The van der Waals surface area contributed by atoms with Crippen LogP contribution in [-0.2, 0) is 14.3 Å². The van der Waals surface area contributed by atoms with Crippen molar-refractivity contribution in [2.75, 3.05) is 13.2 Å². The Morgan fingerprint density at radius 2 is 2.12 bits per heavy atom. The Hall–Kier alpha value is -1.51. The summed E-state index contributed by atoms with van der Waals surface area (Å²) in [5, 5.41) is 10.3. The molecule has 0 aromatic rings. The molecule has 1 rings (SSSR count). The van der Waals surface area contributed by atoms with Gasteiger partial charge in [0, 0.05) is 6.42 Å². The Labute approximate surface area is 93.7 Å². The molecular formula is C8H10F3NO5. The molecule has 98 valence electrons. The van der Waals surface area contributed by atoms with E-state index in [0.29, 0.717) is 0 Å². The van der Waals surface area contributed by atoms with E-state index in [1.165, 1.54) is 0 Å². The maximum absolute atomic E-state index is 11.9. The van der Waals surface area contributed by atoms with Crippen molar-refractivity contribution in [2.24, 2.45) is 0 Å². The number of alkyl halides is 3. The Balaban J connectivity index is 2.61. The number of carboxylic acid groups (broad SMARTS) is 1. The highest BCUT2D eigenvalue weighted by Gasteiger charge is 2.42. The Morgan fingerprint density at radius 1 is 1.47 bits per heavy atom. The molecule has 0 unspecified atom stereocenters. The van der Waals surface area contributed by atoms with Crippen LogP contribution in [0.5, 0.6) is 0 Å². The molecule has 0 aromatic carbocycles. The van der Waals surface area contributed by atoms with Crippen molar-refractivity contribution in [3.05, 3.63) is 0 Å². The highest BCUT2D eigenvalue weighted by molar-refractivity contribution is 5.77. The largest absolute Gasteiger partial charge is 0.507 e. The van der Waals surface area contributed by atoms with Crippen LogP contribution in [0.1, 0.15) is 12.8 Å². The number of ether oxygens (including phenoxy) is 2. The standard InChI is InChI=1S/C8H10F3NO5/c9-8(10,11)3-5(13)12-7(17-6(14)15)1-2-16-4-7/h1-4H2,(H,12,13)(H,14,15)/t7-/m0/s1. The zero-order valence-electron chi connectivity index (χ0n) is 8.54. The molecule has 0 aliphatic carbocycles. The summed E-state index contributed by atoms with van der Waals surface area (Å²) in [6.45, 7) is -0.206. The summed E-state index contributed by atoms with van der Waals surface area (Å²) in [5.74, 6) is -1.36. The van der Waals surface area contributed by atoms with Gasteiger partial charge in [-0.2, -0.15) is 13.2 Å². The van der Waals surface area contributed by atoms with E-state index < -0.39 is 30.4 Å². The monoisotopic (exact) mass is 257 g/mol. The van der Waals surface area contributed by atoms with E-state index in [0.717, 1.165) is 0 Å². The molecule has 0 aromatic heterocycles. The third-order valence-electron chi connectivity index (χ3n) is 2.00. The lowest BCUT2D eigenvalue weighted by atomic mass is 10.2. The summed E-state index contributed by atoms with van der Waals surface area (Å²) in [5.41, 5.74) is -1.71. The van der Waals surface area contributed by atoms with Crippen LogP contribution in [0.3, 0.4) is 0 Å². The van der Waals surface area contributed by atoms with Crippen LogP contribution < -0.4 is 5.32 Å². The summed E-state index contributed by atoms with van der Waals surface area (Å²) >= 11 is 0. The van der Waals surface area contributed by atoms with Gasteiger partial charge in [0.25, 0.3) is 0 Å². The highest BCUT2D eigenvalue weighted by atomic mass is 19.4. The van der Waals surface area contributed by atoms with E-state index in [1.807, 2.05) is 5.32 Å². The molecule has 1 aliphatic heterocycles. The Kier molecular flexibility index (Phi) is 3.81. The first-order valence-electron chi connectivity index (χ1n) is 4.60. The van der Waals surface area contributed by atoms with Crippen LogP contribution in [-0.4, -0.2) is 42.3 Å². The SMILES string of the molecule is O=C(CC(F)(F)F)N[C@]1(OC(=O)O)CCOC1. The fraction of sp³-hybridized carbons (Fsp3) is 0.750. The van der Waals surface area contributed by atoms with Crippen molar-refractivity contribution in [1.29, 1.82) is 0 Å². The molecule has 17 heavy (non-hydrogen) atoms. The van der Waals surface area contributed by atoms with E-state index in [-0.39, 0.29) is 19.6 Å². The molecule has 0 spiro atoms. The van der Waals surface area contributed by atoms with E-state index >= 15 is 0 Å². The first-order chi connectivity index (χ1) is 7.72. The van der Waals surface area contributed by atoms with Crippen LogP contribution >= 0.6 is 0 Å². The van der Waals surface area contributed by atoms with Gasteiger partial charge in [-0.3, -0.25) is 4.79 Å². The lowest BCUT2D eigenvalue weighted by molar-refractivity contribution is -0.159. The van der Waals surface area contributed by atoms with Gasteiger partial charge in [-0.05, 0) is 0 Å². The topological polar surface area (TPSA) is 84.9 Å². The molecule has 1 atom stereocenters. The van der Waals surface area contributed by atoms with E-state index in [2.05, 4.69) is 4.74 Å². The van der Waals surface area contributed by atoms with Gasteiger partial charge in [-0.25, -0.2) is 4.79 Å². The van der Waals surface area contributed by atoms with Crippen LogP contribution in [0.25, 0.3) is 0 Å². The van der Waals surface area contributed by atoms with Crippen molar-refractivity contribution >= 4 is 12.1 Å². The third kappa shape index (κ3) is 4.47. The maximum atomic E-state index is 11.9. The Morgan fingerprint density at radius 3 is 2.53 bits per heavy atom. The second kappa shape index (κ2) is 4.78. The van der Waals surface area contributed by atoms with Gasteiger partial charge >= 0.3 is 12.3 Å². The number of rotatable bonds is 3. The minimum absolute atomic E-state index is 0.0249. The average molecular weight is 257 g/mol. The van der Waals surface area contributed by atoms with Crippen LogP contribution in [0, 0.1) is 0 Å². The van der Waals surface area contributed by atoms with E-state index in [4.69, 9.17) is 9.84 Å². The second-order valence-electron chi connectivity index (χ2n) is 3.50. The van der Waals surface area contributed by atoms with Gasteiger partial charge in [0.05, 0.1) is 6.61 Å². The van der Waals surface area contributed by atoms with Crippen molar-refractivity contribution in [3.63, 3.8) is 0 Å². The van der Waals surface area contributed by atoms with Crippen molar-refractivity contribution < 1.29 is 37.3 Å². The fourth-order valence-electron chi connectivity index (χ4n) is 1.40. The molecule has 0 bridgehead atoms. The second-order valence-corrected chi connectivity index (χ2v) is 3.50. The van der Waals surface area contributed by atoms with Gasteiger partial charge in [-0.15, -0.1) is 0 Å². The summed E-state index contributed by atoms with van der Waals surface area (Å²) < 4.78 is 44.9. The van der Waals surface area contributed by atoms with Crippen molar-refractivity contribution in [1.82, 2.24) is 5.32 Å². The predicted octanol–water partition coefficient (Wildman–Crippen LogP) is 0.866. The Bertz CT molecular complexity index is 311. The maximum Gasteiger partial charge on any atom is 0.507 e. The van der Waals surface area contributed by atoms with Crippen molar-refractivity contribution in [2.45, 2.75) is 24.7 Å². The molecule has 1 saturated heterocycles. The number of halogens is 3. The van der Waals surface area contributed by atoms with Crippen LogP contribution in [0.4, 0.5) is 18.0 Å². The number of amides is 1. The number of carbonyl (C=O) groups is 2. The molecule has 9 heteroatoms. The first kappa shape index (κ1) is 13.6. The zero-order valence-corrected chi connectivity index (χ0v) is 8.54. The summed E-state index contributed by atoms with van der Waals surface area (Å²) in [6, 6.07) is 0. The summed E-state index contributed by atoms with van der Waals surface area (Å²) in [6.07, 6.45) is -8.07. The normalized spacial score (nSPS) is 24.4. The molecule has 1 fully saturated rings. The summed E-state index contributed by atoms with van der Waals surface area (Å²) in [4.78, 5) is 21.4. The van der Waals surface area contributed by atoms with Crippen LogP contribution in [0.2, 0.25) is 0 Å². The fourth-order valence-corrected chi connectivity index (χ4v) is 1.40. The molecule has 6 nitrogen and oxygen atoms in total. The lowest BCUT2D eigenvalue weighted by Gasteiger charge is -2.27. The molecular weight excluding hydrogens is 247 g/mol. The van der Waals surface area contributed by atoms with Gasteiger partial charge in [0.15, 0.2) is 0 Å². The van der Waals surface area contributed by atoms with Gasteiger partial charge in [-0.1, -0.05) is 0 Å². The van der Waals surface area contributed by atoms with Gasteiger partial charge in [0.1, 0.15) is 13.0 Å². The molecule has 1 heterocycles. The first-order valence-corrected chi connectivity index (χ1v) is 4.60. The minimum Gasteiger partial charge on any atom is -0.450 e. The molecule has 0 saturated carbocycles. The molecule has 1 amide bonds. The average Bonchev–Trinajstić information content (AvgIpc) is 2.47. The number of hydrogen-bond donors (Lipinski definition) is 2. The summed E-state index contributed by atoms with van der Waals surface area (Å²) in [7, 11) is 0. The van der Waals surface area contributed by atoms with E-state index in [1.54, 1.807) is 0 Å². The quantitative estimate of drug-likeness (QED) is 0.578. The molecule has 0 radical (unpaired) electrons. The third-order valence-corrected chi connectivity index (χ3v) is 2.00. The predicted molar refractivity (Wildman–Crippen MR) is 46.1 cm³/mol. The minimum atomic E-state index is -4.66. The van der Waals surface area contributed by atoms with Gasteiger partial charge < -0.3 is 19.9 Å². The number of nitrogens with one attached hydrogen (secondary N) is 1. The van der Waals surface area contributed by atoms with Crippen LogP contribution in [0.15, 0.2) is 0 Å². The van der Waals surface area contributed by atoms with Crippen molar-refractivity contribution in [3.8, 4) is 0 Å². The number of carbonyl (C=O) groups excluding carboxylic acids is 1.